The molecule has 4 nitrogen and oxygen atoms in total. The van der Waals surface area contributed by atoms with Crippen molar-refractivity contribution in [3.63, 3.8) is 0 Å². The van der Waals surface area contributed by atoms with Gasteiger partial charge in [0.05, 0.1) is 22.9 Å². The van der Waals surface area contributed by atoms with Crippen LogP contribution in [0.4, 0.5) is 0 Å². The number of fused-ring (bicyclic) bond motifs is 3. The molecule has 6 heteroatoms. The Kier molecular flexibility index (Phi) is 2.91. The molecule has 1 unspecified atom stereocenters. The first-order chi connectivity index (χ1) is 8.72. The molecule has 1 aliphatic rings. The number of thioether (sulfide) groups is 1. The minimum absolute atomic E-state index is 0.564. The van der Waals surface area contributed by atoms with Crippen LogP contribution < -0.4 is 4.84 Å². The molecule has 0 spiro atoms. The number of aromatic nitrogens is 1. The number of benzene rings is 1. The van der Waals surface area contributed by atoms with Crippen LogP contribution in [0, 0.1) is 0 Å². The fraction of sp³-hybridized carbons (Fsp3) is 0.250. The molecule has 18 heavy (non-hydrogen) atoms. The van der Waals surface area contributed by atoms with Crippen molar-refractivity contribution in [1.82, 2.24) is 4.73 Å². The summed E-state index contributed by atoms with van der Waals surface area (Å²) in [6, 6.07) is 8.06. The Morgan fingerprint density at radius 1 is 1.44 bits per heavy atom. The summed E-state index contributed by atoms with van der Waals surface area (Å²) in [5.41, 5.74) is 2.17. The van der Waals surface area contributed by atoms with Gasteiger partial charge in [0.25, 0.3) is 0 Å². The van der Waals surface area contributed by atoms with Gasteiger partial charge in [0.15, 0.2) is 4.38 Å². The highest BCUT2D eigenvalue weighted by Crippen LogP contribution is 2.37. The molecule has 0 radical (unpaired) electrons. The van der Waals surface area contributed by atoms with E-state index in [2.05, 4.69) is 11.1 Å². The topological polar surface area (TPSA) is 43.6 Å². The summed E-state index contributed by atoms with van der Waals surface area (Å²) in [5.74, 6) is 0. The van der Waals surface area contributed by atoms with E-state index in [1.807, 2.05) is 18.2 Å². The second kappa shape index (κ2) is 4.44. The summed E-state index contributed by atoms with van der Waals surface area (Å²) < 4.78 is 14.0. The van der Waals surface area contributed by atoms with E-state index < -0.39 is 10.8 Å². The molecule has 0 saturated heterocycles. The molecule has 0 saturated carbocycles. The highest BCUT2D eigenvalue weighted by molar-refractivity contribution is 8.33. The van der Waals surface area contributed by atoms with Gasteiger partial charge in [-0.15, -0.1) is 0 Å². The zero-order valence-electron chi connectivity index (χ0n) is 10.0. The van der Waals surface area contributed by atoms with E-state index in [0.717, 1.165) is 21.5 Å². The van der Waals surface area contributed by atoms with E-state index in [9.17, 15) is 4.21 Å². The van der Waals surface area contributed by atoms with Crippen LogP contribution in [0.1, 0.15) is 5.56 Å². The van der Waals surface area contributed by atoms with Crippen molar-refractivity contribution in [2.75, 3.05) is 13.4 Å². The van der Waals surface area contributed by atoms with Crippen LogP contribution in [-0.2, 0) is 17.3 Å². The average Bonchev–Trinajstić information content (AvgIpc) is 2.71. The van der Waals surface area contributed by atoms with Gasteiger partial charge in [-0.25, -0.2) is 0 Å². The molecule has 1 aromatic heterocycles. The molecule has 0 amide bonds. The minimum atomic E-state index is -1.05. The second-order valence-corrected chi connectivity index (χ2v) is 6.45. The molecule has 1 aliphatic heterocycles. The summed E-state index contributed by atoms with van der Waals surface area (Å²) in [5, 5.41) is 2.13. The minimum Gasteiger partial charge on any atom is -0.416 e. The Hall–Kier alpha value is -1.27. The second-order valence-electron chi connectivity index (χ2n) is 3.92. The largest absolute Gasteiger partial charge is 0.416 e. The number of para-hydroxylation sites is 1. The Labute approximate surface area is 111 Å². The van der Waals surface area contributed by atoms with Gasteiger partial charge in [0.2, 0.25) is 0 Å². The van der Waals surface area contributed by atoms with Gasteiger partial charge in [0.1, 0.15) is 12.1 Å². The molecule has 1 aromatic carbocycles. The van der Waals surface area contributed by atoms with Crippen LogP contribution in [0.2, 0.25) is 0 Å². The van der Waals surface area contributed by atoms with E-state index in [-0.39, 0.29) is 0 Å². The Balaban J connectivity index is 2.22. The van der Waals surface area contributed by atoms with Gasteiger partial charge >= 0.3 is 0 Å². The summed E-state index contributed by atoms with van der Waals surface area (Å²) in [6.07, 6.45) is 1.65. The number of aliphatic imine (C=N–C) groups is 1. The maximum atomic E-state index is 11.5. The SMILES string of the molecule is COn1c2c(c3ccccc31)CN=C(S(C)=O)S2. The first kappa shape index (κ1) is 11.8. The van der Waals surface area contributed by atoms with Crippen molar-refractivity contribution < 1.29 is 9.05 Å². The van der Waals surface area contributed by atoms with E-state index >= 15 is 0 Å². The number of rotatable bonds is 1. The van der Waals surface area contributed by atoms with E-state index in [0.29, 0.717) is 10.9 Å². The van der Waals surface area contributed by atoms with Crippen molar-refractivity contribution in [2.24, 2.45) is 4.99 Å². The van der Waals surface area contributed by atoms with Crippen LogP contribution in [0.15, 0.2) is 34.3 Å². The van der Waals surface area contributed by atoms with E-state index in [1.165, 1.54) is 11.8 Å². The van der Waals surface area contributed by atoms with Crippen molar-refractivity contribution in [1.29, 1.82) is 0 Å². The summed E-state index contributed by atoms with van der Waals surface area (Å²) in [7, 11) is 0.593. The third-order valence-electron chi connectivity index (χ3n) is 2.87. The normalized spacial score (nSPS) is 16.2. The van der Waals surface area contributed by atoms with Gasteiger partial charge < -0.3 is 4.84 Å². The lowest BCUT2D eigenvalue weighted by atomic mass is 10.2. The van der Waals surface area contributed by atoms with Gasteiger partial charge in [0, 0.05) is 17.2 Å². The van der Waals surface area contributed by atoms with Crippen molar-refractivity contribution >= 4 is 37.8 Å². The molecule has 2 heterocycles. The molecule has 94 valence electrons. The number of hydrogen-bond acceptors (Lipinski definition) is 4. The quantitative estimate of drug-likeness (QED) is 0.803. The van der Waals surface area contributed by atoms with Gasteiger partial charge in [-0.05, 0) is 17.8 Å². The predicted octanol–water partition coefficient (Wildman–Crippen LogP) is 2.04. The van der Waals surface area contributed by atoms with Crippen LogP contribution in [-0.4, -0.2) is 26.7 Å². The summed E-state index contributed by atoms with van der Waals surface area (Å²) in [6.45, 7) is 0.564. The lowest BCUT2D eigenvalue weighted by Crippen LogP contribution is -2.12. The fourth-order valence-electron chi connectivity index (χ4n) is 2.10. The maximum absolute atomic E-state index is 11.5. The molecule has 0 N–H and O–H groups in total. The smallest absolute Gasteiger partial charge is 0.162 e. The molecule has 0 fully saturated rings. The number of nitrogens with zero attached hydrogens (tertiary/aromatic N) is 2. The molecule has 2 aromatic rings. The fourth-order valence-corrected chi connectivity index (χ4v) is 3.90. The third kappa shape index (κ3) is 1.67. The third-order valence-corrected chi connectivity index (χ3v) is 5.35. The molecule has 3 rings (SSSR count). The first-order valence-electron chi connectivity index (χ1n) is 5.45. The molecule has 1 atom stereocenters. The Morgan fingerprint density at radius 2 is 2.22 bits per heavy atom. The van der Waals surface area contributed by atoms with Gasteiger partial charge in [-0.1, -0.05) is 18.2 Å². The maximum Gasteiger partial charge on any atom is 0.162 e. The molecule has 0 aliphatic carbocycles. The van der Waals surface area contributed by atoms with E-state index in [4.69, 9.17) is 4.84 Å². The standard InChI is InChI=1S/C12H12N2O2S2/c1-16-14-10-6-4-3-5-8(10)9-7-13-12(18(2)15)17-11(9)14/h3-6H,7H2,1-2H3. The lowest BCUT2D eigenvalue weighted by molar-refractivity contribution is 0.158. The molecule has 0 bridgehead atoms. The Bertz CT molecular complexity index is 676. The van der Waals surface area contributed by atoms with Crippen LogP contribution in [0.25, 0.3) is 10.9 Å². The summed E-state index contributed by atoms with van der Waals surface area (Å²) in [4.78, 5) is 9.81. The van der Waals surface area contributed by atoms with Gasteiger partial charge in [-0.3, -0.25) is 9.20 Å². The zero-order valence-corrected chi connectivity index (χ0v) is 11.7. The summed E-state index contributed by atoms with van der Waals surface area (Å²) >= 11 is 1.43. The van der Waals surface area contributed by atoms with Crippen LogP contribution in [0.5, 0.6) is 0 Å². The van der Waals surface area contributed by atoms with Crippen LogP contribution >= 0.6 is 11.8 Å². The zero-order chi connectivity index (χ0) is 12.7. The van der Waals surface area contributed by atoms with Gasteiger partial charge in [-0.2, -0.15) is 4.73 Å². The predicted molar refractivity (Wildman–Crippen MR) is 75.5 cm³/mol. The van der Waals surface area contributed by atoms with Crippen LogP contribution in [0.3, 0.4) is 0 Å². The van der Waals surface area contributed by atoms with Crippen molar-refractivity contribution in [3.05, 3.63) is 29.8 Å². The highest BCUT2D eigenvalue weighted by atomic mass is 32.2. The van der Waals surface area contributed by atoms with Crippen molar-refractivity contribution in [3.8, 4) is 0 Å². The lowest BCUT2D eigenvalue weighted by Gasteiger charge is -2.13. The molecular formula is C12H12N2O2S2. The Morgan fingerprint density at radius 3 is 2.94 bits per heavy atom. The first-order valence-corrected chi connectivity index (χ1v) is 7.82. The molecular weight excluding hydrogens is 268 g/mol. The van der Waals surface area contributed by atoms with Crippen molar-refractivity contribution in [2.45, 2.75) is 11.6 Å². The number of hydrogen-bond donors (Lipinski definition) is 0. The monoisotopic (exact) mass is 280 g/mol. The van der Waals surface area contributed by atoms with E-state index in [1.54, 1.807) is 18.1 Å². The average molecular weight is 280 g/mol. The highest BCUT2D eigenvalue weighted by Gasteiger charge is 2.24.